The number of hydrogen-bond acceptors (Lipinski definition) is 0. The van der Waals surface area contributed by atoms with Crippen LogP contribution in [0.1, 0.15) is 8.22 Å². The van der Waals surface area contributed by atoms with E-state index in [4.69, 9.17) is 8.22 Å². The Morgan fingerprint density at radius 1 is 0.553 bits per heavy atom. The highest BCUT2D eigenvalue weighted by Gasteiger charge is 2.19. The highest BCUT2D eigenvalue weighted by molar-refractivity contribution is 6.22. The van der Waals surface area contributed by atoms with Gasteiger partial charge in [0.2, 0.25) is 0 Å². The summed E-state index contributed by atoms with van der Waals surface area (Å²) in [5.74, 6) is 0. The molecular formula is C36H24N2. The zero-order valence-corrected chi connectivity index (χ0v) is 20.3. The van der Waals surface area contributed by atoms with Crippen LogP contribution in [0.25, 0.3) is 71.6 Å². The quantitative estimate of drug-likeness (QED) is 0.254. The maximum atomic E-state index is 9.07. The first-order chi connectivity index (χ1) is 21.3. The largest absolute Gasteiger partial charge is 0.353 e. The number of para-hydroxylation sites is 2. The van der Waals surface area contributed by atoms with Crippen molar-refractivity contribution in [2.45, 2.75) is 0 Å². The van der Waals surface area contributed by atoms with Crippen molar-refractivity contribution in [3.05, 3.63) is 139 Å². The van der Waals surface area contributed by atoms with Crippen molar-refractivity contribution in [2.24, 2.45) is 0 Å². The lowest BCUT2D eigenvalue weighted by Gasteiger charge is -2.16. The molecule has 6 aromatic carbocycles. The first-order valence-corrected chi connectivity index (χ1v) is 12.5. The van der Waals surface area contributed by atoms with Crippen molar-refractivity contribution in [2.75, 3.05) is 0 Å². The Balaban J connectivity index is 1.59. The third-order valence-electron chi connectivity index (χ3n) is 7.29. The second-order valence-electron chi connectivity index (χ2n) is 9.40. The van der Waals surface area contributed by atoms with E-state index in [2.05, 4.69) is 29.2 Å². The lowest BCUT2D eigenvalue weighted by atomic mass is 9.97. The van der Waals surface area contributed by atoms with Gasteiger partial charge < -0.3 is 9.55 Å². The average Bonchev–Trinajstić information content (AvgIpc) is 3.61. The molecule has 38 heavy (non-hydrogen) atoms. The molecule has 0 unspecified atom stereocenters. The summed E-state index contributed by atoms with van der Waals surface area (Å²) in [4.78, 5) is 3.40. The van der Waals surface area contributed by atoms with E-state index in [0.717, 1.165) is 27.9 Å². The van der Waals surface area contributed by atoms with E-state index < -0.39 is 0 Å². The Bertz CT molecular complexity index is 2440. The molecule has 2 aromatic heterocycles. The van der Waals surface area contributed by atoms with Crippen molar-refractivity contribution in [1.82, 2.24) is 9.55 Å². The van der Waals surface area contributed by atoms with Crippen LogP contribution in [0.15, 0.2) is 139 Å². The first kappa shape index (κ1) is 15.9. The summed E-state index contributed by atoms with van der Waals surface area (Å²) >= 11 is 0. The predicted octanol–water partition coefficient (Wildman–Crippen LogP) is 9.75. The van der Waals surface area contributed by atoms with Crippen molar-refractivity contribution in [3.63, 3.8) is 0 Å². The second-order valence-corrected chi connectivity index (χ2v) is 9.40. The van der Waals surface area contributed by atoms with Gasteiger partial charge in [0.15, 0.2) is 0 Å². The fourth-order valence-electron chi connectivity index (χ4n) is 5.59. The number of aromatic amines is 1. The van der Waals surface area contributed by atoms with E-state index in [1.54, 1.807) is 0 Å². The molecule has 0 aliphatic rings. The van der Waals surface area contributed by atoms with Crippen molar-refractivity contribution in [3.8, 4) is 27.9 Å². The van der Waals surface area contributed by atoms with Crippen LogP contribution in [0.5, 0.6) is 0 Å². The van der Waals surface area contributed by atoms with Gasteiger partial charge in [-0.15, -0.1) is 0 Å². The summed E-state index contributed by atoms with van der Waals surface area (Å²) in [6, 6.07) is 33.2. The number of benzene rings is 6. The van der Waals surface area contributed by atoms with Gasteiger partial charge in [-0.05, 0) is 40.9 Å². The smallest absolute Gasteiger partial charge is 0.0783 e. The van der Waals surface area contributed by atoms with Gasteiger partial charge in [0.1, 0.15) is 0 Å². The first-order valence-electron chi connectivity index (χ1n) is 15.5. The monoisotopic (exact) mass is 490 g/mol. The van der Waals surface area contributed by atoms with Gasteiger partial charge in [0.05, 0.1) is 30.5 Å². The zero-order valence-electron chi connectivity index (χ0n) is 26.3. The van der Waals surface area contributed by atoms with Crippen LogP contribution in [0, 0.1) is 0 Å². The maximum absolute atomic E-state index is 9.07. The van der Waals surface area contributed by atoms with Gasteiger partial charge >= 0.3 is 0 Å². The molecule has 0 radical (unpaired) electrons. The van der Waals surface area contributed by atoms with Crippen molar-refractivity contribution in [1.29, 1.82) is 0 Å². The molecule has 2 heterocycles. The number of fused-ring (bicyclic) bond motifs is 7. The summed E-state index contributed by atoms with van der Waals surface area (Å²) < 4.78 is 54.0. The molecule has 1 N–H and O–H groups in total. The van der Waals surface area contributed by atoms with Crippen molar-refractivity contribution < 1.29 is 8.22 Å². The third-order valence-corrected chi connectivity index (χ3v) is 7.29. The Morgan fingerprint density at radius 2 is 1.26 bits per heavy atom. The average molecular weight is 491 g/mol. The molecule has 0 fully saturated rings. The van der Waals surface area contributed by atoms with Crippen LogP contribution in [0.2, 0.25) is 0 Å². The third kappa shape index (κ3) is 3.07. The molecule has 0 amide bonds. The fraction of sp³-hybridized carbons (Fsp3) is 0. The van der Waals surface area contributed by atoms with Crippen LogP contribution in [0.4, 0.5) is 0 Å². The summed E-state index contributed by atoms with van der Waals surface area (Å²) in [7, 11) is 0. The number of hydrogen-bond donors (Lipinski definition) is 1. The number of H-pyrrole nitrogens is 1. The Hall–Kier alpha value is -5.08. The minimum Gasteiger partial charge on any atom is -0.353 e. The van der Waals surface area contributed by atoms with Crippen LogP contribution in [-0.4, -0.2) is 9.55 Å². The minimum absolute atomic E-state index is 0.0207. The van der Waals surface area contributed by atoms with E-state index in [0.29, 0.717) is 43.6 Å². The summed E-state index contributed by atoms with van der Waals surface area (Å²) in [6.07, 6.45) is 0. The van der Waals surface area contributed by atoms with Crippen molar-refractivity contribution >= 4 is 43.6 Å². The predicted molar refractivity (Wildman–Crippen MR) is 161 cm³/mol. The topological polar surface area (TPSA) is 20.7 Å². The molecule has 0 aliphatic carbocycles. The van der Waals surface area contributed by atoms with Gasteiger partial charge in [-0.1, -0.05) is 115 Å². The molecule has 0 bridgehead atoms. The molecule has 8 rings (SSSR count). The molecule has 0 spiro atoms. The molecule has 0 saturated heterocycles. The van der Waals surface area contributed by atoms with E-state index in [9.17, 15) is 0 Å². The van der Waals surface area contributed by atoms with Crippen LogP contribution < -0.4 is 0 Å². The summed E-state index contributed by atoms with van der Waals surface area (Å²) in [6.45, 7) is 0. The number of nitrogens with one attached hydrogen (secondary N) is 1. The number of nitrogens with zero attached hydrogens (tertiary/aromatic N) is 1. The molecule has 0 aliphatic heterocycles. The van der Waals surface area contributed by atoms with Gasteiger partial charge in [-0.25, -0.2) is 0 Å². The molecule has 2 heteroatoms. The van der Waals surface area contributed by atoms with Gasteiger partial charge in [0, 0.05) is 32.6 Å². The van der Waals surface area contributed by atoms with E-state index in [1.165, 1.54) is 12.1 Å². The van der Waals surface area contributed by atoms with Crippen LogP contribution in [-0.2, 0) is 0 Å². The van der Waals surface area contributed by atoms with E-state index in [1.807, 2.05) is 71.3 Å². The SMILES string of the molecule is [2H]c1cc([2H])c2[nH]c3c(ccc4c5c([2H])c([2H])cc([2H])c5n(-c5ccc(-c6ccccc6)cc5-c5ccccc5)c43)c2c1[2H]. The van der Waals surface area contributed by atoms with Gasteiger partial charge in [-0.2, -0.15) is 0 Å². The molecule has 0 saturated carbocycles. The normalized spacial score (nSPS) is 13.9. The molecule has 0 atom stereocenters. The zero-order chi connectivity index (χ0) is 30.3. The van der Waals surface area contributed by atoms with Crippen LogP contribution in [0.3, 0.4) is 0 Å². The number of rotatable bonds is 3. The molecule has 178 valence electrons. The second kappa shape index (κ2) is 8.22. The Labute approximate surface area is 228 Å². The standard InChI is InChI=1S/C36H24N2/c1-3-11-24(12-4-1)26-19-22-34(31(23-26)25-13-5-2-6-14-25)38-33-18-10-8-16-28(33)30-21-20-29-27-15-7-9-17-32(27)37-35(29)36(30)38/h1-23,37H/i7D,8D,15D,16D,17D,18D. The fourth-order valence-corrected chi connectivity index (χ4v) is 5.59. The Morgan fingerprint density at radius 3 is 2.08 bits per heavy atom. The summed E-state index contributed by atoms with van der Waals surface area (Å²) in [5, 5.41) is 2.39. The lowest BCUT2D eigenvalue weighted by Crippen LogP contribution is -1.98. The van der Waals surface area contributed by atoms with Gasteiger partial charge in [0.25, 0.3) is 0 Å². The van der Waals surface area contributed by atoms with E-state index in [-0.39, 0.29) is 36.3 Å². The van der Waals surface area contributed by atoms with Crippen LogP contribution >= 0.6 is 0 Å². The maximum Gasteiger partial charge on any atom is 0.0783 e. The highest BCUT2D eigenvalue weighted by Crippen LogP contribution is 2.41. The molecular weight excluding hydrogens is 460 g/mol. The highest BCUT2D eigenvalue weighted by atomic mass is 15.0. The van der Waals surface area contributed by atoms with E-state index >= 15 is 0 Å². The lowest BCUT2D eigenvalue weighted by molar-refractivity contribution is 1.18. The van der Waals surface area contributed by atoms with Gasteiger partial charge in [-0.3, -0.25) is 0 Å². The Kier molecular flexibility index (Phi) is 3.44. The molecule has 8 aromatic rings. The summed E-state index contributed by atoms with van der Waals surface area (Å²) in [5.41, 5.74) is 7.12. The minimum atomic E-state index is -0.0262. The molecule has 2 nitrogen and oxygen atoms in total. The number of aromatic nitrogens is 2.